The average Bonchev–Trinajstić information content (AvgIpc) is 2.81. The number of hydrogen-bond donors (Lipinski definition) is 2. The summed E-state index contributed by atoms with van der Waals surface area (Å²) in [6.07, 6.45) is -4.76. The van der Waals surface area contributed by atoms with Gasteiger partial charge >= 0.3 is 6.36 Å². The molecule has 0 saturated carbocycles. The van der Waals surface area contributed by atoms with Gasteiger partial charge in [-0.25, -0.2) is 13.4 Å². The summed E-state index contributed by atoms with van der Waals surface area (Å²) in [7, 11) is -1.04. The lowest BCUT2D eigenvalue weighted by Gasteiger charge is -2.42. The highest BCUT2D eigenvalue weighted by Crippen LogP contribution is 2.39. The van der Waals surface area contributed by atoms with Crippen LogP contribution in [0.5, 0.6) is 5.75 Å². The van der Waals surface area contributed by atoms with E-state index in [0.29, 0.717) is 31.9 Å². The smallest absolute Gasteiger partial charge is 0.404 e. The molecule has 2 aliphatic rings. The molecule has 4 rings (SSSR count). The second kappa shape index (κ2) is 10.2. The Kier molecular flexibility index (Phi) is 7.56. The number of anilines is 1. The third-order valence-corrected chi connectivity index (χ3v) is 9.19. The van der Waals surface area contributed by atoms with Crippen molar-refractivity contribution >= 4 is 37.4 Å². The van der Waals surface area contributed by atoms with E-state index in [1.165, 1.54) is 11.0 Å². The summed E-state index contributed by atoms with van der Waals surface area (Å²) >= 11 is 3.11. The molecular formula is C23H27BrF3N5O3S. The number of nitrogens with two attached hydrogens (primary N) is 1. The maximum absolute atomic E-state index is 14.1. The topological polar surface area (TPSA) is 100 Å². The van der Waals surface area contributed by atoms with Gasteiger partial charge in [0, 0.05) is 24.1 Å². The number of aliphatic imine (C=N–C) groups is 1. The van der Waals surface area contributed by atoms with Crippen molar-refractivity contribution in [2.75, 3.05) is 32.1 Å². The number of nitrogens with zero attached hydrogens (tertiary/aromatic N) is 3. The second-order valence-corrected chi connectivity index (χ2v) is 11.7. The Bertz CT molecular complexity index is 1250. The van der Waals surface area contributed by atoms with E-state index in [1.807, 2.05) is 24.3 Å². The highest BCUT2D eigenvalue weighted by Gasteiger charge is 2.44. The van der Waals surface area contributed by atoms with Crippen LogP contribution in [0.2, 0.25) is 0 Å². The molecule has 0 aliphatic carbocycles. The number of benzene rings is 2. The first-order valence-electron chi connectivity index (χ1n) is 11.3. The van der Waals surface area contributed by atoms with Gasteiger partial charge in [0.05, 0.1) is 5.69 Å². The fourth-order valence-electron chi connectivity index (χ4n) is 4.83. The van der Waals surface area contributed by atoms with Crippen LogP contribution in [0.4, 0.5) is 18.9 Å². The maximum Gasteiger partial charge on any atom is 0.573 e. The molecule has 196 valence electrons. The Hall–Kier alpha value is -2.35. The van der Waals surface area contributed by atoms with E-state index in [2.05, 4.69) is 31.0 Å². The molecule has 13 heteroatoms. The number of hydrogen-bond acceptors (Lipinski definition) is 8. The van der Waals surface area contributed by atoms with Crippen molar-refractivity contribution in [3.63, 3.8) is 0 Å². The molecule has 0 amide bonds. The van der Waals surface area contributed by atoms with Crippen molar-refractivity contribution in [1.82, 2.24) is 10.2 Å². The number of sulfone groups is 1. The Labute approximate surface area is 216 Å². The van der Waals surface area contributed by atoms with Crippen LogP contribution in [0.1, 0.15) is 24.6 Å². The molecule has 2 aromatic rings. The van der Waals surface area contributed by atoms with Gasteiger partial charge in [-0.3, -0.25) is 0 Å². The normalized spacial score (nSPS) is 19.9. The summed E-state index contributed by atoms with van der Waals surface area (Å²) in [6.45, 7) is 1.17. The van der Waals surface area contributed by atoms with Crippen LogP contribution >= 0.6 is 15.9 Å². The van der Waals surface area contributed by atoms with Gasteiger partial charge in [0.1, 0.15) is 22.2 Å². The van der Waals surface area contributed by atoms with Gasteiger partial charge in [0.2, 0.25) is 15.8 Å². The van der Waals surface area contributed by atoms with E-state index in [0.717, 1.165) is 23.4 Å². The number of halogens is 4. The first-order chi connectivity index (χ1) is 16.9. The standard InChI is InChI=1S/C23H27BrF3N5O3S/c1-31-17-6-4-3-5-16(17)20(28)30-22(31)32(2)21(14-9-11-29-12-10-14)36(33,34)19-8-7-15(24)13-18(19)35-23(25,26)27/h3-8,13-14,20-21,29H,9-12,28H2,1-2H3. The number of nitrogens with one attached hydrogen (secondary N) is 1. The minimum Gasteiger partial charge on any atom is -0.404 e. The van der Waals surface area contributed by atoms with Gasteiger partial charge in [0.25, 0.3) is 0 Å². The average molecular weight is 590 g/mol. The van der Waals surface area contributed by atoms with Gasteiger partial charge in [0.15, 0.2) is 0 Å². The van der Waals surface area contributed by atoms with Crippen molar-refractivity contribution in [3.05, 3.63) is 52.5 Å². The molecule has 0 spiro atoms. The predicted molar refractivity (Wildman–Crippen MR) is 134 cm³/mol. The minimum absolute atomic E-state index is 0.256. The molecule has 0 bridgehead atoms. The van der Waals surface area contributed by atoms with E-state index >= 15 is 0 Å². The zero-order valence-electron chi connectivity index (χ0n) is 19.7. The van der Waals surface area contributed by atoms with Gasteiger partial charge < -0.3 is 25.6 Å². The fraction of sp³-hybridized carbons (Fsp3) is 0.435. The summed E-state index contributed by atoms with van der Waals surface area (Å²) in [5.41, 5.74) is 7.85. The molecule has 1 fully saturated rings. The summed E-state index contributed by atoms with van der Waals surface area (Å²) < 4.78 is 72.3. The van der Waals surface area contributed by atoms with Crippen molar-refractivity contribution in [2.24, 2.45) is 16.6 Å². The number of piperidine rings is 1. The SMILES string of the molecule is CN1C(N(C)C(C2CCNCC2)S(=O)(=O)c2ccc(Br)cc2OC(F)(F)F)=NC(N)c2ccccc21. The number of alkyl halides is 3. The molecule has 2 aliphatic heterocycles. The van der Waals surface area contributed by atoms with Gasteiger partial charge in [-0.15, -0.1) is 13.2 Å². The van der Waals surface area contributed by atoms with Crippen LogP contribution in [0.15, 0.2) is 56.8 Å². The van der Waals surface area contributed by atoms with Crippen molar-refractivity contribution in [1.29, 1.82) is 0 Å². The molecule has 2 atom stereocenters. The molecule has 2 heterocycles. The van der Waals surface area contributed by atoms with Crippen molar-refractivity contribution in [2.45, 2.75) is 35.6 Å². The monoisotopic (exact) mass is 589 g/mol. The van der Waals surface area contributed by atoms with Gasteiger partial charge in [-0.05, 0) is 56.1 Å². The highest BCUT2D eigenvalue weighted by molar-refractivity contribution is 9.10. The summed E-state index contributed by atoms with van der Waals surface area (Å²) in [6, 6.07) is 10.9. The quantitative estimate of drug-likeness (QED) is 0.546. The zero-order valence-corrected chi connectivity index (χ0v) is 22.1. The van der Waals surface area contributed by atoms with E-state index < -0.39 is 38.4 Å². The highest BCUT2D eigenvalue weighted by atomic mass is 79.9. The number of ether oxygens (including phenoxy) is 1. The molecule has 2 aromatic carbocycles. The molecule has 36 heavy (non-hydrogen) atoms. The van der Waals surface area contributed by atoms with Crippen LogP contribution in [0.25, 0.3) is 0 Å². The fourth-order valence-corrected chi connectivity index (χ4v) is 7.36. The summed E-state index contributed by atoms with van der Waals surface area (Å²) in [5, 5.41) is 1.99. The predicted octanol–water partition coefficient (Wildman–Crippen LogP) is 3.84. The Morgan fingerprint density at radius 1 is 1.22 bits per heavy atom. The zero-order chi connectivity index (χ0) is 26.3. The maximum atomic E-state index is 14.1. The molecular weight excluding hydrogens is 563 g/mol. The second-order valence-electron chi connectivity index (χ2n) is 8.76. The van der Waals surface area contributed by atoms with E-state index in [9.17, 15) is 21.6 Å². The first kappa shape index (κ1) is 26.7. The molecule has 0 radical (unpaired) electrons. The van der Waals surface area contributed by atoms with E-state index in [1.54, 1.807) is 19.0 Å². The Balaban J connectivity index is 1.81. The van der Waals surface area contributed by atoms with Crippen LogP contribution in [0, 0.1) is 5.92 Å². The molecule has 2 unspecified atom stereocenters. The lowest BCUT2D eigenvalue weighted by molar-refractivity contribution is -0.275. The largest absolute Gasteiger partial charge is 0.573 e. The van der Waals surface area contributed by atoms with Gasteiger partial charge in [-0.2, -0.15) is 0 Å². The minimum atomic E-state index is -5.06. The molecule has 0 aromatic heterocycles. The number of fused-ring (bicyclic) bond motifs is 1. The van der Waals surface area contributed by atoms with Crippen LogP contribution in [-0.2, 0) is 9.84 Å². The first-order valence-corrected chi connectivity index (χ1v) is 13.6. The van der Waals surface area contributed by atoms with E-state index in [4.69, 9.17) is 5.73 Å². The third kappa shape index (κ3) is 5.34. The van der Waals surface area contributed by atoms with Crippen molar-refractivity contribution in [3.8, 4) is 5.75 Å². The molecule has 1 saturated heterocycles. The Morgan fingerprint density at radius 3 is 2.56 bits per heavy atom. The van der Waals surface area contributed by atoms with Crippen molar-refractivity contribution < 1.29 is 26.3 Å². The number of rotatable bonds is 5. The van der Waals surface area contributed by atoms with Gasteiger partial charge in [-0.1, -0.05) is 34.1 Å². The van der Waals surface area contributed by atoms with Crippen LogP contribution < -0.4 is 20.7 Å². The lowest BCUT2D eigenvalue weighted by atomic mass is 9.97. The number of para-hydroxylation sites is 1. The van der Waals surface area contributed by atoms with Crippen LogP contribution in [0.3, 0.4) is 0 Å². The number of guanidine groups is 1. The summed E-state index contributed by atoms with van der Waals surface area (Å²) in [5.74, 6) is -0.859. The molecule has 8 nitrogen and oxygen atoms in total. The van der Waals surface area contributed by atoms with E-state index in [-0.39, 0.29) is 10.4 Å². The van der Waals surface area contributed by atoms with Crippen LogP contribution in [-0.4, -0.2) is 58.2 Å². The Morgan fingerprint density at radius 2 is 1.89 bits per heavy atom. The lowest BCUT2D eigenvalue weighted by Crippen LogP contribution is -2.54. The summed E-state index contributed by atoms with van der Waals surface area (Å²) in [4.78, 5) is 7.29. The molecule has 3 N–H and O–H groups in total. The third-order valence-electron chi connectivity index (χ3n) is 6.41.